The van der Waals surface area contributed by atoms with Gasteiger partial charge in [-0.1, -0.05) is 0 Å². The van der Waals surface area contributed by atoms with Crippen LogP contribution < -0.4 is 5.32 Å². The molecule has 9 heavy (non-hydrogen) atoms. The van der Waals surface area contributed by atoms with Crippen LogP contribution in [0.4, 0.5) is 0 Å². The van der Waals surface area contributed by atoms with Crippen LogP contribution in [0.1, 0.15) is 13.8 Å². The Morgan fingerprint density at radius 3 is 2.22 bits per heavy atom. The predicted molar refractivity (Wildman–Crippen MR) is 34.8 cm³/mol. The molecular formula is C6H12N2O. The van der Waals surface area contributed by atoms with E-state index in [4.69, 9.17) is 0 Å². The highest BCUT2D eigenvalue weighted by Gasteiger charge is 2.30. The van der Waals surface area contributed by atoms with Crippen molar-refractivity contribution in [3.63, 3.8) is 0 Å². The number of nitrogens with zero attached hydrogens (tertiary/aromatic N) is 1. The van der Waals surface area contributed by atoms with Gasteiger partial charge in [-0.2, -0.15) is 0 Å². The Morgan fingerprint density at radius 2 is 2.11 bits per heavy atom. The molecule has 1 amide bonds. The Kier molecular flexibility index (Phi) is 1.45. The van der Waals surface area contributed by atoms with Gasteiger partial charge in [0.2, 0.25) is 5.91 Å². The summed E-state index contributed by atoms with van der Waals surface area (Å²) in [5.74, 6) is 0.130. The van der Waals surface area contributed by atoms with Gasteiger partial charge >= 0.3 is 0 Å². The zero-order chi connectivity index (χ0) is 7.02. The van der Waals surface area contributed by atoms with Gasteiger partial charge in [0.1, 0.15) is 0 Å². The van der Waals surface area contributed by atoms with Crippen LogP contribution in [0, 0.1) is 0 Å². The predicted octanol–water partition coefficient (Wildman–Crippen LogP) is -0.218. The number of hydrogen-bond donors (Lipinski definition) is 1. The molecule has 0 aromatic heterocycles. The smallest absolute Gasteiger partial charge is 0.238 e. The number of amides is 1. The summed E-state index contributed by atoms with van der Waals surface area (Å²) in [6, 6.07) is 0.0417. The molecule has 3 nitrogen and oxygen atoms in total. The number of carbonyl (C=O) groups is 1. The summed E-state index contributed by atoms with van der Waals surface area (Å²) in [5.41, 5.74) is 0. The fourth-order valence-electron chi connectivity index (χ4n) is 0.949. The van der Waals surface area contributed by atoms with Crippen LogP contribution in [0.2, 0.25) is 0 Å². The van der Waals surface area contributed by atoms with E-state index in [9.17, 15) is 4.79 Å². The third-order valence-electron chi connectivity index (χ3n) is 1.95. The summed E-state index contributed by atoms with van der Waals surface area (Å²) in [7, 11) is 1.94. The second-order valence-electron chi connectivity index (χ2n) is 2.53. The van der Waals surface area contributed by atoms with Crippen molar-refractivity contribution >= 4 is 5.91 Å². The van der Waals surface area contributed by atoms with E-state index in [-0.39, 0.29) is 18.1 Å². The molecule has 1 N–H and O–H groups in total. The summed E-state index contributed by atoms with van der Waals surface area (Å²) < 4.78 is 0. The van der Waals surface area contributed by atoms with E-state index in [1.807, 2.05) is 25.8 Å². The Morgan fingerprint density at radius 1 is 1.56 bits per heavy atom. The molecule has 0 aliphatic carbocycles. The van der Waals surface area contributed by atoms with Crippen LogP contribution in [0.5, 0.6) is 0 Å². The Balaban J connectivity index is 2.65. The standard InChI is InChI=1S/C6H12N2O/c1-4-6(9)7-5(2)8(4)3/h4-5H,1-3H3,(H,7,9)/t4-,5-/m0/s1. The maximum absolute atomic E-state index is 10.8. The Hall–Kier alpha value is -0.570. The minimum absolute atomic E-state index is 0.0417. The molecular weight excluding hydrogens is 116 g/mol. The molecule has 3 heteroatoms. The van der Waals surface area contributed by atoms with E-state index < -0.39 is 0 Å². The zero-order valence-electron chi connectivity index (χ0n) is 6.01. The molecule has 1 aliphatic rings. The molecule has 1 heterocycles. The van der Waals surface area contributed by atoms with Gasteiger partial charge in [0.05, 0.1) is 12.2 Å². The highest BCUT2D eigenvalue weighted by molar-refractivity contribution is 5.83. The van der Waals surface area contributed by atoms with Crippen molar-refractivity contribution in [2.75, 3.05) is 7.05 Å². The highest BCUT2D eigenvalue weighted by atomic mass is 16.2. The molecule has 0 aromatic rings. The van der Waals surface area contributed by atoms with Gasteiger partial charge in [0, 0.05) is 0 Å². The number of hydrogen-bond acceptors (Lipinski definition) is 2. The van der Waals surface area contributed by atoms with Gasteiger partial charge in [-0.15, -0.1) is 0 Å². The first-order valence-electron chi connectivity index (χ1n) is 3.15. The van der Waals surface area contributed by atoms with E-state index in [0.29, 0.717) is 0 Å². The molecule has 1 saturated heterocycles. The number of rotatable bonds is 0. The first kappa shape index (κ1) is 6.55. The van der Waals surface area contributed by atoms with Gasteiger partial charge in [0.15, 0.2) is 0 Å². The normalized spacial score (nSPS) is 37.0. The zero-order valence-corrected chi connectivity index (χ0v) is 6.01. The number of nitrogens with one attached hydrogen (secondary N) is 1. The molecule has 0 radical (unpaired) electrons. The molecule has 0 saturated carbocycles. The monoisotopic (exact) mass is 128 g/mol. The maximum Gasteiger partial charge on any atom is 0.238 e. The van der Waals surface area contributed by atoms with Gasteiger partial charge in [0.25, 0.3) is 0 Å². The number of carbonyl (C=O) groups excluding carboxylic acids is 1. The van der Waals surface area contributed by atoms with E-state index in [2.05, 4.69) is 5.32 Å². The van der Waals surface area contributed by atoms with Crippen molar-refractivity contribution in [1.82, 2.24) is 10.2 Å². The molecule has 0 spiro atoms. The third-order valence-corrected chi connectivity index (χ3v) is 1.95. The van der Waals surface area contributed by atoms with Crippen molar-refractivity contribution < 1.29 is 4.79 Å². The minimum Gasteiger partial charge on any atom is -0.339 e. The SMILES string of the molecule is C[C@H]1NC(=O)[C@H](C)N1C. The maximum atomic E-state index is 10.8. The Bertz CT molecular complexity index is 135. The fourth-order valence-corrected chi connectivity index (χ4v) is 0.949. The van der Waals surface area contributed by atoms with Crippen molar-refractivity contribution in [2.24, 2.45) is 0 Å². The lowest BCUT2D eigenvalue weighted by atomic mass is 10.3. The average Bonchev–Trinajstić information content (AvgIpc) is 1.98. The summed E-state index contributed by atoms with van der Waals surface area (Å²) in [6.07, 6.45) is 0.201. The van der Waals surface area contributed by atoms with Crippen molar-refractivity contribution in [1.29, 1.82) is 0 Å². The second-order valence-corrected chi connectivity index (χ2v) is 2.53. The van der Waals surface area contributed by atoms with Gasteiger partial charge in [-0.05, 0) is 20.9 Å². The van der Waals surface area contributed by atoms with E-state index in [0.717, 1.165) is 0 Å². The lowest BCUT2D eigenvalue weighted by Gasteiger charge is -2.15. The minimum atomic E-state index is 0.0417. The largest absolute Gasteiger partial charge is 0.339 e. The van der Waals surface area contributed by atoms with Crippen molar-refractivity contribution in [3.05, 3.63) is 0 Å². The molecule has 0 unspecified atom stereocenters. The van der Waals surface area contributed by atoms with Crippen LogP contribution in [0.15, 0.2) is 0 Å². The summed E-state index contributed by atoms with van der Waals surface area (Å²) >= 11 is 0. The average molecular weight is 128 g/mol. The molecule has 0 aromatic carbocycles. The summed E-state index contributed by atoms with van der Waals surface area (Å²) in [6.45, 7) is 3.88. The van der Waals surface area contributed by atoms with E-state index in [1.165, 1.54) is 0 Å². The molecule has 0 bridgehead atoms. The molecule has 2 atom stereocenters. The quantitative estimate of drug-likeness (QED) is 0.489. The number of likely N-dealkylation sites (N-methyl/N-ethyl adjacent to an activating group) is 1. The van der Waals surface area contributed by atoms with Crippen LogP contribution in [-0.2, 0) is 4.79 Å². The van der Waals surface area contributed by atoms with Crippen molar-refractivity contribution in [2.45, 2.75) is 26.1 Å². The fraction of sp³-hybridized carbons (Fsp3) is 0.833. The first-order valence-corrected chi connectivity index (χ1v) is 3.15. The highest BCUT2D eigenvalue weighted by Crippen LogP contribution is 2.07. The third kappa shape index (κ3) is 0.920. The van der Waals surface area contributed by atoms with Crippen LogP contribution in [-0.4, -0.2) is 30.1 Å². The molecule has 1 aliphatic heterocycles. The second kappa shape index (κ2) is 1.99. The van der Waals surface area contributed by atoms with Crippen LogP contribution >= 0.6 is 0 Å². The molecule has 1 fully saturated rings. The summed E-state index contributed by atoms with van der Waals surface area (Å²) in [5, 5.41) is 2.80. The lowest BCUT2D eigenvalue weighted by Crippen LogP contribution is -2.31. The molecule has 52 valence electrons. The summed E-state index contributed by atoms with van der Waals surface area (Å²) in [4.78, 5) is 12.8. The van der Waals surface area contributed by atoms with Crippen LogP contribution in [0.25, 0.3) is 0 Å². The van der Waals surface area contributed by atoms with Gasteiger partial charge in [-0.3, -0.25) is 9.69 Å². The Labute approximate surface area is 55.0 Å². The first-order chi connectivity index (χ1) is 4.13. The van der Waals surface area contributed by atoms with E-state index >= 15 is 0 Å². The topological polar surface area (TPSA) is 32.3 Å². The van der Waals surface area contributed by atoms with E-state index in [1.54, 1.807) is 0 Å². The molecule has 1 rings (SSSR count). The van der Waals surface area contributed by atoms with Crippen molar-refractivity contribution in [3.8, 4) is 0 Å². The van der Waals surface area contributed by atoms with Gasteiger partial charge in [-0.25, -0.2) is 0 Å². The lowest BCUT2D eigenvalue weighted by molar-refractivity contribution is -0.120. The van der Waals surface area contributed by atoms with Crippen LogP contribution in [0.3, 0.4) is 0 Å². The van der Waals surface area contributed by atoms with Gasteiger partial charge < -0.3 is 5.32 Å².